The van der Waals surface area contributed by atoms with Crippen molar-refractivity contribution in [3.05, 3.63) is 0 Å². The average Bonchev–Trinajstić information content (AvgIpc) is 2.87. The van der Waals surface area contributed by atoms with E-state index in [1.54, 1.807) is 0 Å². The summed E-state index contributed by atoms with van der Waals surface area (Å²) in [5.74, 6) is 0.859. The Morgan fingerprint density at radius 1 is 1.32 bits per heavy atom. The number of nitrogens with zero attached hydrogens (tertiary/aromatic N) is 2. The molecule has 0 bridgehead atoms. The van der Waals surface area contributed by atoms with Gasteiger partial charge in [0.05, 0.1) is 6.61 Å². The van der Waals surface area contributed by atoms with Crippen molar-refractivity contribution >= 4 is 35.9 Å². The molecule has 0 aromatic rings. The normalized spacial score (nSPS) is 15.1. The van der Waals surface area contributed by atoms with Crippen LogP contribution in [0, 0.1) is 0 Å². The lowest BCUT2D eigenvalue weighted by Gasteiger charge is -2.20. The van der Waals surface area contributed by atoms with Crippen molar-refractivity contribution in [2.24, 2.45) is 4.99 Å². The minimum absolute atomic E-state index is 0. The maximum Gasteiger partial charge on any atom is 0.305 e. The van der Waals surface area contributed by atoms with E-state index in [4.69, 9.17) is 4.74 Å². The van der Waals surface area contributed by atoms with E-state index in [1.807, 2.05) is 6.92 Å². The number of esters is 1. The van der Waals surface area contributed by atoms with Gasteiger partial charge in [0.15, 0.2) is 5.96 Å². The lowest BCUT2D eigenvalue weighted by Crippen LogP contribution is -2.39. The monoisotopic (exact) mass is 383 g/mol. The van der Waals surface area contributed by atoms with E-state index in [1.165, 1.54) is 12.8 Å². The molecular formula is C13H26IN3O2. The van der Waals surface area contributed by atoms with Crippen LogP contribution in [0.3, 0.4) is 0 Å². The summed E-state index contributed by atoms with van der Waals surface area (Å²) in [6, 6.07) is 0. The number of carbonyl (C=O) groups excluding carboxylic acids is 1. The van der Waals surface area contributed by atoms with Gasteiger partial charge in [0.2, 0.25) is 0 Å². The SMILES string of the molecule is CCNC(=NCCCC(=O)OCC)N1CCCC1.I. The zero-order valence-electron chi connectivity index (χ0n) is 12.0. The maximum absolute atomic E-state index is 11.2. The molecular weight excluding hydrogens is 357 g/mol. The first-order valence-corrected chi connectivity index (χ1v) is 6.96. The third kappa shape index (κ3) is 7.59. The first kappa shape index (κ1) is 18.5. The van der Waals surface area contributed by atoms with E-state index in [9.17, 15) is 4.79 Å². The molecule has 1 fully saturated rings. The summed E-state index contributed by atoms with van der Waals surface area (Å²) in [5, 5.41) is 3.30. The first-order valence-electron chi connectivity index (χ1n) is 6.96. The van der Waals surface area contributed by atoms with Gasteiger partial charge < -0.3 is 15.0 Å². The summed E-state index contributed by atoms with van der Waals surface area (Å²) in [5.41, 5.74) is 0. The summed E-state index contributed by atoms with van der Waals surface area (Å²) in [6.07, 6.45) is 3.69. The Balaban J connectivity index is 0.00000324. The van der Waals surface area contributed by atoms with Gasteiger partial charge in [-0.25, -0.2) is 0 Å². The van der Waals surface area contributed by atoms with Crippen LogP contribution < -0.4 is 5.32 Å². The van der Waals surface area contributed by atoms with E-state index < -0.39 is 0 Å². The van der Waals surface area contributed by atoms with Crippen LogP contribution in [-0.4, -0.2) is 49.6 Å². The Morgan fingerprint density at radius 2 is 2.00 bits per heavy atom. The van der Waals surface area contributed by atoms with Gasteiger partial charge in [0.1, 0.15) is 0 Å². The smallest absolute Gasteiger partial charge is 0.305 e. The summed E-state index contributed by atoms with van der Waals surface area (Å²) in [6.45, 7) is 8.09. The van der Waals surface area contributed by atoms with Crippen LogP contribution in [0.2, 0.25) is 0 Å². The van der Waals surface area contributed by atoms with Gasteiger partial charge in [-0.1, -0.05) is 0 Å². The number of halogens is 1. The standard InChI is InChI=1S/C13H25N3O2.HI/c1-3-14-13(16-10-5-6-11-16)15-9-7-8-12(17)18-4-2;/h3-11H2,1-2H3,(H,14,15);1H. The number of carbonyl (C=O) groups is 1. The maximum atomic E-state index is 11.2. The minimum Gasteiger partial charge on any atom is -0.466 e. The predicted molar refractivity (Wildman–Crippen MR) is 88.1 cm³/mol. The highest BCUT2D eigenvalue weighted by Crippen LogP contribution is 2.07. The van der Waals surface area contributed by atoms with E-state index in [0.717, 1.165) is 32.0 Å². The summed E-state index contributed by atoms with van der Waals surface area (Å²) in [4.78, 5) is 18.0. The van der Waals surface area contributed by atoms with Crippen molar-refractivity contribution in [3.63, 3.8) is 0 Å². The Hall–Kier alpha value is -0.530. The number of likely N-dealkylation sites (tertiary alicyclic amines) is 1. The first-order chi connectivity index (χ1) is 8.77. The fraction of sp³-hybridized carbons (Fsp3) is 0.846. The van der Waals surface area contributed by atoms with Crippen molar-refractivity contribution in [1.29, 1.82) is 0 Å². The molecule has 0 aliphatic carbocycles. The zero-order valence-corrected chi connectivity index (χ0v) is 14.3. The third-order valence-electron chi connectivity index (χ3n) is 2.85. The molecule has 0 atom stereocenters. The molecule has 5 nitrogen and oxygen atoms in total. The second kappa shape index (κ2) is 11.3. The van der Waals surface area contributed by atoms with Gasteiger partial charge in [-0.3, -0.25) is 9.79 Å². The lowest BCUT2D eigenvalue weighted by molar-refractivity contribution is -0.143. The molecule has 0 amide bonds. The van der Waals surface area contributed by atoms with Crippen molar-refractivity contribution in [2.75, 3.05) is 32.8 Å². The number of hydrogen-bond acceptors (Lipinski definition) is 3. The van der Waals surface area contributed by atoms with Gasteiger partial charge >= 0.3 is 5.97 Å². The summed E-state index contributed by atoms with van der Waals surface area (Å²) < 4.78 is 4.88. The number of guanidine groups is 1. The fourth-order valence-corrected chi connectivity index (χ4v) is 2.00. The molecule has 0 spiro atoms. The molecule has 1 aliphatic heterocycles. The van der Waals surface area contributed by atoms with E-state index in [0.29, 0.717) is 19.6 Å². The molecule has 0 radical (unpaired) electrons. The Morgan fingerprint density at radius 3 is 2.58 bits per heavy atom. The molecule has 1 N–H and O–H groups in total. The van der Waals surface area contributed by atoms with Crippen LogP contribution in [0.1, 0.15) is 39.5 Å². The van der Waals surface area contributed by atoms with Crippen LogP contribution in [0.5, 0.6) is 0 Å². The van der Waals surface area contributed by atoms with Crippen molar-refractivity contribution in [1.82, 2.24) is 10.2 Å². The topological polar surface area (TPSA) is 53.9 Å². The molecule has 112 valence electrons. The van der Waals surface area contributed by atoms with Gasteiger partial charge in [-0.15, -0.1) is 24.0 Å². The van der Waals surface area contributed by atoms with Crippen molar-refractivity contribution in [3.8, 4) is 0 Å². The predicted octanol–water partition coefficient (Wildman–Crippen LogP) is 2.01. The summed E-state index contributed by atoms with van der Waals surface area (Å²) >= 11 is 0. The molecule has 1 heterocycles. The highest BCUT2D eigenvalue weighted by molar-refractivity contribution is 14.0. The van der Waals surface area contributed by atoms with Crippen molar-refractivity contribution < 1.29 is 9.53 Å². The number of ether oxygens (including phenoxy) is 1. The number of hydrogen-bond donors (Lipinski definition) is 1. The second-order valence-electron chi connectivity index (χ2n) is 4.34. The largest absolute Gasteiger partial charge is 0.466 e. The van der Waals surface area contributed by atoms with Crippen LogP contribution in [0.4, 0.5) is 0 Å². The fourth-order valence-electron chi connectivity index (χ4n) is 2.00. The molecule has 0 aromatic heterocycles. The molecule has 19 heavy (non-hydrogen) atoms. The molecule has 0 unspecified atom stereocenters. The minimum atomic E-state index is -0.126. The number of rotatable bonds is 6. The van der Waals surface area contributed by atoms with E-state index >= 15 is 0 Å². The van der Waals surface area contributed by atoms with Crippen molar-refractivity contribution in [2.45, 2.75) is 39.5 Å². The summed E-state index contributed by atoms with van der Waals surface area (Å²) in [7, 11) is 0. The van der Waals surface area contributed by atoms with Gasteiger partial charge in [-0.05, 0) is 33.1 Å². The van der Waals surface area contributed by atoms with Gasteiger partial charge in [0.25, 0.3) is 0 Å². The van der Waals surface area contributed by atoms with E-state index in [2.05, 4.69) is 22.1 Å². The number of aliphatic imine (C=N–C) groups is 1. The van der Waals surface area contributed by atoms with Crippen LogP contribution >= 0.6 is 24.0 Å². The highest BCUT2D eigenvalue weighted by atomic mass is 127. The zero-order chi connectivity index (χ0) is 13.2. The molecule has 0 saturated carbocycles. The van der Waals surface area contributed by atoms with Crippen LogP contribution in [0.15, 0.2) is 4.99 Å². The Kier molecular flexibility index (Phi) is 11.0. The second-order valence-corrected chi connectivity index (χ2v) is 4.34. The van der Waals surface area contributed by atoms with Gasteiger partial charge in [0, 0.05) is 32.6 Å². The highest BCUT2D eigenvalue weighted by Gasteiger charge is 2.15. The molecule has 1 rings (SSSR count). The molecule has 1 saturated heterocycles. The number of nitrogens with one attached hydrogen (secondary N) is 1. The molecule has 6 heteroatoms. The van der Waals surface area contributed by atoms with E-state index in [-0.39, 0.29) is 29.9 Å². The third-order valence-corrected chi connectivity index (χ3v) is 2.85. The Labute approximate surface area is 133 Å². The van der Waals surface area contributed by atoms with Crippen LogP contribution in [0.25, 0.3) is 0 Å². The van der Waals surface area contributed by atoms with Gasteiger partial charge in [-0.2, -0.15) is 0 Å². The quantitative estimate of drug-likeness (QED) is 0.251. The molecule has 1 aliphatic rings. The van der Waals surface area contributed by atoms with Crippen LogP contribution in [-0.2, 0) is 9.53 Å². The lowest BCUT2D eigenvalue weighted by atomic mass is 10.3. The average molecular weight is 383 g/mol. The Bertz CT molecular complexity index is 279. The molecule has 0 aromatic carbocycles.